The first-order valence-corrected chi connectivity index (χ1v) is 9.36. The minimum absolute atomic E-state index is 0.0154. The Morgan fingerprint density at radius 2 is 2.04 bits per heavy atom. The molecule has 1 amide bonds. The van der Waals surface area contributed by atoms with Crippen LogP contribution in [0.3, 0.4) is 0 Å². The maximum absolute atomic E-state index is 13.4. The molecule has 4 heteroatoms. The van der Waals surface area contributed by atoms with Gasteiger partial charge in [0.05, 0.1) is 32.1 Å². The quantitative estimate of drug-likeness (QED) is 0.735. The maximum atomic E-state index is 13.4. The number of quaternary nitrogens is 1. The number of furan rings is 1. The second kappa shape index (κ2) is 5.71. The summed E-state index contributed by atoms with van der Waals surface area (Å²) in [5.74, 6) is 0.829. The van der Waals surface area contributed by atoms with E-state index in [-0.39, 0.29) is 11.9 Å². The zero-order valence-electron chi connectivity index (χ0n) is 15.2. The van der Waals surface area contributed by atoms with Crippen LogP contribution < -0.4 is 9.80 Å². The lowest BCUT2D eigenvalue weighted by Crippen LogP contribution is -3.11. The minimum Gasteiger partial charge on any atom is -0.451 e. The molecule has 0 saturated carbocycles. The molecule has 0 radical (unpaired) electrons. The fourth-order valence-corrected chi connectivity index (χ4v) is 4.67. The second-order valence-electron chi connectivity index (χ2n) is 7.76. The molecule has 5 rings (SSSR count). The number of rotatable bonds is 1. The smallest absolute Gasteiger partial charge is 0.294 e. The Kier molecular flexibility index (Phi) is 3.44. The van der Waals surface area contributed by atoms with Gasteiger partial charge in [-0.3, -0.25) is 4.79 Å². The van der Waals surface area contributed by atoms with E-state index in [1.54, 1.807) is 0 Å². The van der Waals surface area contributed by atoms with Gasteiger partial charge in [-0.2, -0.15) is 0 Å². The average molecular weight is 347 g/mol. The van der Waals surface area contributed by atoms with Crippen molar-refractivity contribution < 1.29 is 14.1 Å². The summed E-state index contributed by atoms with van der Waals surface area (Å²) in [6.45, 7) is 4.29. The van der Waals surface area contributed by atoms with Crippen LogP contribution in [0, 0.1) is 6.92 Å². The van der Waals surface area contributed by atoms with E-state index in [1.807, 2.05) is 35.2 Å². The summed E-state index contributed by atoms with van der Waals surface area (Å²) in [6.07, 6.45) is 1.02. The number of nitrogens with one attached hydrogen (secondary N) is 1. The first-order valence-electron chi connectivity index (χ1n) is 9.36. The Labute approximate surface area is 153 Å². The molecule has 132 valence electrons. The molecule has 0 spiro atoms. The summed E-state index contributed by atoms with van der Waals surface area (Å²) < 4.78 is 5.89. The molecule has 2 aliphatic rings. The molecule has 2 aliphatic heterocycles. The minimum atomic E-state index is -0.0154. The van der Waals surface area contributed by atoms with Gasteiger partial charge < -0.3 is 14.2 Å². The molecule has 1 unspecified atom stereocenters. The van der Waals surface area contributed by atoms with Crippen molar-refractivity contribution in [1.82, 2.24) is 0 Å². The van der Waals surface area contributed by atoms with Crippen molar-refractivity contribution in [2.24, 2.45) is 0 Å². The standard InChI is InChI=1S/C22H22N2O2/c1-14-7-8-18-16(11-14)17-13-23(2)10-9-19(17)24(18)22(25)21-12-15-5-3-4-6-20(15)26-21/h3-8,11-12,17,19H,9-10,13H2,1-2H3/p+1/t17-,19+/m0/s1. The van der Waals surface area contributed by atoms with E-state index in [1.165, 1.54) is 16.0 Å². The van der Waals surface area contributed by atoms with Gasteiger partial charge in [0.15, 0.2) is 5.76 Å². The second-order valence-corrected chi connectivity index (χ2v) is 7.76. The number of carbonyl (C=O) groups excluding carboxylic acids is 1. The Morgan fingerprint density at radius 3 is 2.88 bits per heavy atom. The average Bonchev–Trinajstić information content (AvgIpc) is 3.20. The van der Waals surface area contributed by atoms with E-state index in [0.29, 0.717) is 11.7 Å². The van der Waals surface area contributed by atoms with E-state index in [9.17, 15) is 4.79 Å². The summed E-state index contributed by atoms with van der Waals surface area (Å²) in [5.41, 5.74) is 4.40. The van der Waals surface area contributed by atoms with Gasteiger partial charge in [-0.15, -0.1) is 0 Å². The third-order valence-electron chi connectivity index (χ3n) is 5.93. The number of piperidine rings is 1. The van der Waals surface area contributed by atoms with Gasteiger partial charge in [-0.1, -0.05) is 35.9 Å². The van der Waals surface area contributed by atoms with Crippen molar-refractivity contribution in [2.45, 2.75) is 25.3 Å². The number of fused-ring (bicyclic) bond motifs is 4. The molecule has 1 aromatic heterocycles. The molecule has 0 aliphatic carbocycles. The van der Waals surface area contributed by atoms with Crippen molar-refractivity contribution in [3.63, 3.8) is 0 Å². The van der Waals surface area contributed by atoms with Crippen molar-refractivity contribution in [3.05, 3.63) is 65.4 Å². The molecule has 3 heterocycles. The molecule has 2 aromatic carbocycles. The van der Waals surface area contributed by atoms with Crippen molar-refractivity contribution in [2.75, 3.05) is 25.0 Å². The summed E-state index contributed by atoms with van der Waals surface area (Å²) in [5, 5.41) is 0.976. The first-order chi connectivity index (χ1) is 12.6. The van der Waals surface area contributed by atoms with Crippen LogP contribution in [0.1, 0.15) is 34.0 Å². The zero-order valence-corrected chi connectivity index (χ0v) is 15.2. The van der Waals surface area contributed by atoms with Gasteiger partial charge in [0.25, 0.3) is 5.91 Å². The van der Waals surface area contributed by atoms with E-state index in [0.717, 1.165) is 36.2 Å². The van der Waals surface area contributed by atoms with Crippen LogP contribution >= 0.6 is 0 Å². The largest absolute Gasteiger partial charge is 0.451 e. The molecule has 1 N–H and O–H groups in total. The van der Waals surface area contributed by atoms with E-state index >= 15 is 0 Å². The number of anilines is 1. The van der Waals surface area contributed by atoms with Gasteiger partial charge in [0.2, 0.25) is 0 Å². The molecule has 3 atom stereocenters. The number of para-hydroxylation sites is 1. The Balaban J connectivity index is 1.60. The van der Waals surface area contributed by atoms with Gasteiger partial charge in [-0.05, 0) is 30.7 Å². The van der Waals surface area contributed by atoms with Gasteiger partial charge in [-0.25, -0.2) is 0 Å². The third kappa shape index (κ3) is 2.29. The molecule has 4 nitrogen and oxygen atoms in total. The molecule has 1 fully saturated rings. The predicted molar refractivity (Wildman–Crippen MR) is 102 cm³/mol. The van der Waals surface area contributed by atoms with Crippen LogP contribution in [0.15, 0.2) is 52.9 Å². The third-order valence-corrected chi connectivity index (χ3v) is 5.93. The molecular weight excluding hydrogens is 324 g/mol. The number of hydrogen-bond donors (Lipinski definition) is 1. The number of carbonyl (C=O) groups is 1. The van der Waals surface area contributed by atoms with Crippen LogP contribution in [-0.2, 0) is 0 Å². The van der Waals surface area contributed by atoms with Crippen molar-refractivity contribution in [3.8, 4) is 0 Å². The van der Waals surface area contributed by atoms with Gasteiger partial charge in [0.1, 0.15) is 5.58 Å². The van der Waals surface area contributed by atoms with Crippen LogP contribution in [-0.4, -0.2) is 32.1 Å². The topological polar surface area (TPSA) is 37.9 Å². The Bertz CT molecular complexity index is 973. The summed E-state index contributed by atoms with van der Waals surface area (Å²) in [4.78, 5) is 17.0. The van der Waals surface area contributed by atoms with E-state index in [4.69, 9.17) is 4.42 Å². The highest BCUT2D eigenvalue weighted by atomic mass is 16.3. The van der Waals surface area contributed by atoms with Crippen LogP contribution in [0.2, 0.25) is 0 Å². The SMILES string of the molecule is Cc1ccc2c(c1)[C@@H]1C[NH+](C)CC[C@H]1N2C(=O)c1cc2ccccc2o1. The lowest BCUT2D eigenvalue weighted by molar-refractivity contribution is -0.886. The van der Waals surface area contributed by atoms with Crippen LogP contribution in [0.25, 0.3) is 11.0 Å². The fraction of sp³-hybridized carbons (Fsp3) is 0.318. The van der Waals surface area contributed by atoms with Crippen molar-refractivity contribution in [1.29, 1.82) is 0 Å². The van der Waals surface area contributed by atoms with Crippen molar-refractivity contribution >= 4 is 22.6 Å². The zero-order chi connectivity index (χ0) is 17.8. The highest BCUT2D eigenvalue weighted by Gasteiger charge is 2.46. The normalized spacial score (nSPS) is 24.5. The lowest BCUT2D eigenvalue weighted by atomic mass is 9.89. The number of amides is 1. The van der Waals surface area contributed by atoms with Crippen LogP contribution in [0.4, 0.5) is 5.69 Å². The molecular formula is C22H23N2O2+. The van der Waals surface area contributed by atoms with E-state index in [2.05, 4.69) is 32.2 Å². The first kappa shape index (κ1) is 15.6. The number of benzene rings is 2. The predicted octanol–water partition coefficient (Wildman–Crippen LogP) is 2.77. The summed E-state index contributed by atoms with van der Waals surface area (Å²) in [7, 11) is 2.25. The number of likely N-dealkylation sites (tertiary alicyclic amines) is 1. The van der Waals surface area contributed by atoms with Crippen LogP contribution in [0.5, 0.6) is 0 Å². The number of hydrogen-bond acceptors (Lipinski definition) is 2. The highest BCUT2D eigenvalue weighted by Crippen LogP contribution is 2.44. The molecule has 3 aromatic rings. The monoisotopic (exact) mass is 347 g/mol. The van der Waals surface area contributed by atoms with E-state index < -0.39 is 0 Å². The molecule has 0 bridgehead atoms. The Morgan fingerprint density at radius 1 is 1.19 bits per heavy atom. The molecule has 1 saturated heterocycles. The highest BCUT2D eigenvalue weighted by molar-refractivity contribution is 6.08. The fourth-order valence-electron chi connectivity index (χ4n) is 4.67. The summed E-state index contributed by atoms with van der Waals surface area (Å²) >= 11 is 0. The Hall–Kier alpha value is -2.59. The number of likely N-dealkylation sites (N-methyl/N-ethyl adjacent to an activating group) is 1. The van der Waals surface area contributed by atoms with Gasteiger partial charge in [0, 0.05) is 17.5 Å². The summed E-state index contributed by atoms with van der Waals surface area (Å²) in [6, 6.07) is 16.4. The lowest BCUT2D eigenvalue weighted by Gasteiger charge is -2.34. The number of nitrogens with zero attached hydrogens (tertiary/aromatic N) is 1. The maximum Gasteiger partial charge on any atom is 0.294 e. The molecule has 26 heavy (non-hydrogen) atoms. The number of aryl methyl sites for hydroxylation is 1. The van der Waals surface area contributed by atoms with Gasteiger partial charge >= 0.3 is 0 Å².